The lowest BCUT2D eigenvalue weighted by Crippen LogP contribution is -2.07. The van der Waals surface area contributed by atoms with Crippen molar-refractivity contribution in [2.75, 3.05) is 12.1 Å². The number of nitrogens with zero attached hydrogens (tertiary/aromatic N) is 1. The van der Waals surface area contributed by atoms with Crippen molar-refractivity contribution < 1.29 is 14.3 Å². The Kier molecular flexibility index (Phi) is 4.41. The molecule has 0 saturated carbocycles. The van der Waals surface area contributed by atoms with Crippen LogP contribution in [0.2, 0.25) is 0 Å². The Morgan fingerprint density at radius 1 is 1.15 bits per heavy atom. The van der Waals surface area contributed by atoms with Crippen LogP contribution in [0.4, 0.5) is 5.13 Å². The molecule has 3 aromatic rings. The highest BCUT2D eigenvalue weighted by Crippen LogP contribution is 2.32. The first-order valence-electron chi connectivity index (χ1n) is 8.09. The van der Waals surface area contributed by atoms with Crippen LogP contribution in [0.1, 0.15) is 11.1 Å². The maximum Gasteiger partial charge on any atom is 0.250 e. The summed E-state index contributed by atoms with van der Waals surface area (Å²) >= 11 is 1.40. The van der Waals surface area contributed by atoms with Crippen molar-refractivity contribution in [2.45, 2.75) is 6.92 Å². The fourth-order valence-electron chi connectivity index (χ4n) is 2.52. The van der Waals surface area contributed by atoms with E-state index in [-0.39, 0.29) is 12.7 Å². The maximum absolute atomic E-state index is 12.1. The standard InChI is InChI=1S/C20H16N2O3S/c1-13-2-6-15(7-3-13)16-11-26-20(21-16)22-19(23)9-5-14-4-8-17-18(10-14)25-12-24-17/h2-11H,12H2,1H3,(H,21,22,23)/b9-5-. The Bertz CT molecular complexity index is 977. The SMILES string of the molecule is Cc1ccc(-c2csc(NC(=O)/C=C\c3ccc4c(c3)OCO4)n2)cc1. The minimum absolute atomic E-state index is 0.229. The molecule has 1 N–H and O–H groups in total. The van der Waals surface area contributed by atoms with E-state index in [1.807, 2.05) is 54.8 Å². The molecule has 0 saturated heterocycles. The van der Waals surface area contributed by atoms with Crippen molar-refractivity contribution >= 4 is 28.5 Å². The molecule has 0 bridgehead atoms. The summed E-state index contributed by atoms with van der Waals surface area (Å²) in [7, 11) is 0. The molecule has 1 aromatic heterocycles. The molecule has 4 rings (SSSR count). The van der Waals surface area contributed by atoms with Crippen LogP contribution in [0.25, 0.3) is 17.3 Å². The number of thiazole rings is 1. The number of rotatable bonds is 4. The number of aryl methyl sites for hydroxylation is 1. The highest BCUT2D eigenvalue weighted by atomic mass is 32.1. The van der Waals surface area contributed by atoms with Crippen molar-refractivity contribution in [3.8, 4) is 22.8 Å². The number of ether oxygens (including phenoxy) is 2. The van der Waals surface area contributed by atoms with Crippen LogP contribution in [0.15, 0.2) is 53.9 Å². The maximum atomic E-state index is 12.1. The number of fused-ring (bicyclic) bond motifs is 1. The number of hydrogen-bond acceptors (Lipinski definition) is 5. The van der Waals surface area contributed by atoms with Gasteiger partial charge < -0.3 is 9.47 Å². The van der Waals surface area contributed by atoms with Gasteiger partial charge in [0.05, 0.1) is 5.69 Å². The van der Waals surface area contributed by atoms with Crippen LogP contribution in [-0.4, -0.2) is 17.7 Å². The fraction of sp³-hybridized carbons (Fsp3) is 0.100. The van der Waals surface area contributed by atoms with Gasteiger partial charge in [-0.15, -0.1) is 11.3 Å². The van der Waals surface area contributed by atoms with E-state index in [2.05, 4.69) is 10.3 Å². The summed E-state index contributed by atoms with van der Waals surface area (Å²) in [5.74, 6) is 1.18. The molecule has 0 radical (unpaired) electrons. The molecule has 0 spiro atoms. The topological polar surface area (TPSA) is 60.5 Å². The molecule has 0 atom stereocenters. The molecule has 6 heteroatoms. The highest BCUT2D eigenvalue weighted by Gasteiger charge is 2.12. The first-order valence-corrected chi connectivity index (χ1v) is 8.97. The zero-order valence-electron chi connectivity index (χ0n) is 14.1. The molecule has 26 heavy (non-hydrogen) atoms. The lowest BCUT2D eigenvalue weighted by atomic mass is 10.1. The van der Waals surface area contributed by atoms with Gasteiger partial charge in [-0.2, -0.15) is 0 Å². The van der Waals surface area contributed by atoms with Crippen molar-refractivity contribution in [1.82, 2.24) is 4.98 Å². The number of aromatic nitrogens is 1. The molecule has 2 heterocycles. The lowest BCUT2D eigenvalue weighted by Gasteiger charge is -1.99. The number of carbonyl (C=O) groups excluding carboxylic acids is 1. The average molecular weight is 364 g/mol. The van der Waals surface area contributed by atoms with Crippen molar-refractivity contribution in [2.24, 2.45) is 0 Å². The molecule has 2 aromatic carbocycles. The molecule has 1 aliphatic rings. The highest BCUT2D eigenvalue weighted by molar-refractivity contribution is 7.14. The van der Waals surface area contributed by atoms with E-state index in [1.165, 1.54) is 23.0 Å². The molecular formula is C20H16N2O3S. The zero-order valence-corrected chi connectivity index (χ0v) is 14.9. The average Bonchev–Trinajstić information content (AvgIpc) is 3.29. The van der Waals surface area contributed by atoms with E-state index in [4.69, 9.17) is 9.47 Å². The molecule has 0 fully saturated rings. The Balaban J connectivity index is 1.41. The monoisotopic (exact) mass is 364 g/mol. The molecule has 0 aliphatic carbocycles. The summed E-state index contributed by atoms with van der Waals surface area (Å²) < 4.78 is 10.6. The van der Waals surface area contributed by atoms with Gasteiger partial charge in [-0.05, 0) is 30.7 Å². The van der Waals surface area contributed by atoms with Crippen LogP contribution >= 0.6 is 11.3 Å². The molecule has 5 nitrogen and oxygen atoms in total. The minimum Gasteiger partial charge on any atom is -0.454 e. The second-order valence-corrected chi connectivity index (χ2v) is 6.70. The smallest absolute Gasteiger partial charge is 0.250 e. The Morgan fingerprint density at radius 3 is 2.81 bits per heavy atom. The first kappa shape index (κ1) is 16.4. The molecule has 1 amide bonds. The summed E-state index contributed by atoms with van der Waals surface area (Å²) in [5.41, 5.74) is 3.95. The van der Waals surface area contributed by atoms with E-state index < -0.39 is 0 Å². The number of carbonyl (C=O) groups is 1. The van der Waals surface area contributed by atoms with Gasteiger partial charge in [-0.25, -0.2) is 4.98 Å². The summed E-state index contributed by atoms with van der Waals surface area (Å²) in [6, 6.07) is 13.7. The Hall–Kier alpha value is -3.12. The van der Waals surface area contributed by atoms with Crippen molar-refractivity contribution in [3.05, 3.63) is 65.0 Å². The molecule has 1 aliphatic heterocycles. The first-order chi connectivity index (χ1) is 12.7. The Morgan fingerprint density at radius 2 is 1.96 bits per heavy atom. The molecular weight excluding hydrogens is 348 g/mol. The van der Waals surface area contributed by atoms with Crippen molar-refractivity contribution in [3.63, 3.8) is 0 Å². The number of anilines is 1. The predicted molar refractivity (Wildman–Crippen MR) is 103 cm³/mol. The third-order valence-electron chi connectivity index (χ3n) is 3.91. The van der Waals surface area contributed by atoms with Crippen LogP contribution in [-0.2, 0) is 4.79 Å². The number of hydrogen-bond donors (Lipinski definition) is 1. The van der Waals surface area contributed by atoms with Gasteiger partial charge in [-0.1, -0.05) is 35.9 Å². The molecule has 130 valence electrons. The van der Waals surface area contributed by atoms with E-state index in [9.17, 15) is 4.79 Å². The van der Waals surface area contributed by atoms with Gasteiger partial charge in [0.15, 0.2) is 16.6 Å². The van der Waals surface area contributed by atoms with Crippen molar-refractivity contribution in [1.29, 1.82) is 0 Å². The number of benzene rings is 2. The van der Waals surface area contributed by atoms with Gasteiger partial charge in [0.1, 0.15) is 0 Å². The number of amides is 1. The van der Waals surface area contributed by atoms with Gasteiger partial charge >= 0.3 is 0 Å². The summed E-state index contributed by atoms with van der Waals surface area (Å²) in [6.07, 6.45) is 3.20. The van der Waals surface area contributed by atoms with E-state index in [1.54, 1.807) is 6.08 Å². The molecule has 0 unspecified atom stereocenters. The second-order valence-electron chi connectivity index (χ2n) is 5.84. The number of nitrogens with one attached hydrogen (secondary N) is 1. The van der Waals surface area contributed by atoms with Crippen LogP contribution in [0.3, 0.4) is 0 Å². The second kappa shape index (κ2) is 7.01. The van der Waals surface area contributed by atoms with Crippen LogP contribution in [0.5, 0.6) is 11.5 Å². The normalized spacial score (nSPS) is 12.5. The lowest BCUT2D eigenvalue weighted by molar-refractivity contribution is -0.111. The quantitative estimate of drug-likeness (QED) is 0.693. The summed E-state index contributed by atoms with van der Waals surface area (Å²) in [6.45, 7) is 2.28. The summed E-state index contributed by atoms with van der Waals surface area (Å²) in [5, 5.41) is 5.29. The third kappa shape index (κ3) is 3.60. The van der Waals surface area contributed by atoms with E-state index >= 15 is 0 Å². The van der Waals surface area contributed by atoms with E-state index in [0.29, 0.717) is 10.9 Å². The minimum atomic E-state index is -0.229. The van der Waals surface area contributed by atoms with Gasteiger partial charge in [-0.3, -0.25) is 10.1 Å². The Labute approximate surface area is 154 Å². The fourth-order valence-corrected chi connectivity index (χ4v) is 3.25. The van der Waals surface area contributed by atoms with Crippen LogP contribution < -0.4 is 14.8 Å². The van der Waals surface area contributed by atoms with Gasteiger partial charge in [0, 0.05) is 17.0 Å². The zero-order chi connectivity index (χ0) is 17.9. The largest absolute Gasteiger partial charge is 0.454 e. The van der Waals surface area contributed by atoms with Crippen LogP contribution in [0, 0.1) is 6.92 Å². The van der Waals surface area contributed by atoms with E-state index in [0.717, 1.165) is 22.6 Å². The third-order valence-corrected chi connectivity index (χ3v) is 4.66. The van der Waals surface area contributed by atoms with Gasteiger partial charge in [0.2, 0.25) is 12.7 Å². The summed E-state index contributed by atoms with van der Waals surface area (Å²) in [4.78, 5) is 16.6. The van der Waals surface area contributed by atoms with Gasteiger partial charge in [0.25, 0.3) is 0 Å². The predicted octanol–water partition coefficient (Wildman–Crippen LogP) is 4.50.